The second kappa shape index (κ2) is 5.15. The van der Waals surface area contributed by atoms with E-state index in [1.54, 1.807) is 12.5 Å². The molecule has 2 atom stereocenters. The minimum absolute atomic E-state index is 0.0358. The van der Waals surface area contributed by atoms with Gasteiger partial charge in [-0.1, -0.05) is 0 Å². The Morgan fingerprint density at radius 3 is 3.00 bits per heavy atom. The van der Waals surface area contributed by atoms with Crippen LogP contribution in [0, 0.1) is 0 Å². The number of rotatable bonds is 5. The Kier molecular flexibility index (Phi) is 3.54. The van der Waals surface area contributed by atoms with Crippen molar-refractivity contribution in [3.05, 3.63) is 18.6 Å². The molecule has 0 amide bonds. The van der Waals surface area contributed by atoms with E-state index in [9.17, 15) is 5.11 Å². The molecule has 0 spiro atoms. The Bertz CT molecular complexity index is 398. The van der Waals surface area contributed by atoms with Gasteiger partial charge in [0, 0.05) is 23.0 Å². The van der Waals surface area contributed by atoms with Crippen molar-refractivity contribution in [1.29, 1.82) is 0 Å². The summed E-state index contributed by atoms with van der Waals surface area (Å²) in [4.78, 5) is 8.19. The smallest absolute Gasteiger partial charge is 0.116 e. The quantitative estimate of drug-likeness (QED) is 0.792. The number of aliphatic hydroxyl groups excluding tert-OH is 1. The first-order valence-electron chi connectivity index (χ1n) is 6.61. The van der Waals surface area contributed by atoms with Gasteiger partial charge in [-0.25, -0.2) is 9.97 Å². The maximum Gasteiger partial charge on any atom is 0.116 e. The molecule has 2 unspecified atom stereocenters. The molecular formula is C13H19N3OS. The third kappa shape index (κ3) is 2.84. The lowest BCUT2D eigenvalue weighted by molar-refractivity contribution is 0.163. The molecule has 2 N–H and O–H groups in total. The van der Waals surface area contributed by atoms with Crippen LogP contribution in [-0.2, 0) is 0 Å². The topological polar surface area (TPSA) is 58.0 Å². The molecular weight excluding hydrogens is 246 g/mol. The highest BCUT2D eigenvalue weighted by Gasteiger charge is 2.42. The van der Waals surface area contributed by atoms with Crippen molar-refractivity contribution in [3.8, 4) is 0 Å². The molecule has 5 heteroatoms. The number of nitrogens with one attached hydrogen (secondary N) is 1. The molecule has 0 saturated heterocycles. The van der Waals surface area contributed by atoms with Crippen molar-refractivity contribution < 1.29 is 5.11 Å². The highest BCUT2D eigenvalue weighted by molar-refractivity contribution is 7.99. The lowest BCUT2D eigenvalue weighted by atomic mass is 9.99. The van der Waals surface area contributed by atoms with Crippen LogP contribution in [0.4, 0.5) is 0 Å². The first-order chi connectivity index (χ1) is 8.80. The Hall–Kier alpha value is -0.650. The van der Waals surface area contributed by atoms with Crippen molar-refractivity contribution >= 4 is 11.8 Å². The predicted octanol–water partition coefficient (Wildman–Crippen LogP) is 1.60. The summed E-state index contributed by atoms with van der Waals surface area (Å²) >= 11 is 1.81. The zero-order chi connectivity index (χ0) is 12.4. The van der Waals surface area contributed by atoms with E-state index in [1.807, 2.05) is 17.8 Å². The molecule has 2 saturated carbocycles. The van der Waals surface area contributed by atoms with Crippen LogP contribution in [0.2, 0.25) is 0 Å². The van der Waals surface area contributed by atoms with Crippen molar-refractivity contribution in [2.75, 3.05) is 6.61 Å². The predicted molar refractivity (Wildman–Crippen MR) is 71.5 cm³/mol. The van der Waals surface area contributed by atoms with Gasteiger partial charge in [-0.2, -0.15) is 0 Å². The van der Waals surface area contributed by atoms with Gasteiger partial charge in [-0.3, -0.25) is 0 Å². The van der Waals surface area contributed by atoms with Gasteiger partial charge in [0.1, 0.15) is 6.33 Å². The summed E-state index contributed by atoms with van der Waals surface area (Å²) in [5.41, 5.74) is -0.0358. The molecule has 18 heavy (non-hydrogen) atoms. The number of nitrogens with zero attached hydrogens (tertiary/aromatic N) is 2. The fourth-order valence-electron chi connectivity index (χ4n) is 2.68. The monoisotopic (exact) mass is 265 g/mol. The summed E-state index contributed by atoms with van der Waals surface area (Å²) < 4.78 is 0. The van der Waals surface area contributed by atoms with Gasteiger partial charge >= 0.3 is 0 Å². The second-order valence-corrected chi connectivity index (χ2v) is 6.71. The van der Waals surface area contributed by atoms with Crippen LogP contribution in [0.25, 0.3) is 0 Å². The summed E-state index contributed by atoms with van der Waals surface area (Å²) in [6.45, 7) is 0.254. The molecule has 0 radical (unpaired) electrons. The maximum absolute atomic E-state index is 9.68. The van der Waals surface area contributed by atoms with E-state index in [1.165, 1.54) is 12.8 Å². The fourth-order valence-corrected chi connectivity index (χ4v) is 3.90. The summed E-state index contributed by atoms with van der Waals surface area (Å²) in [5, 5.41) is 14.9. The van der Waals surface area contributed by atoms with Gasteiger partial charge in [-0.15, -0.1) is 11.8 Å². The van der Waals surface area contributed by atoms with Crippen LogP contribution in [-0.4, -0.2) is 38.5 Å². The van der Waals surface area contributed by atoms with Gasteiger partial charge in [0.25, 0.3) is 0 Å². The van der Waals surface area contributed by atoms with Gasteiger partial charge in [0.15, 0.2) is 0 Å². The van der Waals surface area contributed by atoms with Crippen LogP contribution in [0.5, 0.6) is 0 Å². The van der Waals surface area contributed by atoms with Gasteiger partial charge in [-0.05, 0) is 38.2 Å². The zero-order valence-electron chi connectivity index (χ0n) is 10.4. The Morgan fingerprint density at radius 2 is 2.33 bits per heavy atom. The minimum atomic E-state index is -0.0358. The fraction of sp³-hybridized carbons (Fsp3) is 0.692. The van der Waals surface area contributed by atoms with E-state index < -0.39 is 0 Å². The maximum atomic E-state index is 9.68. The molecule has 98 valence electrons. The number of aliphatic hydroxyl groups is 1. The third-order valence-corrected chi connectivity index (χ3v) is 5.01. The first kappa shape index (κ1) is 12.4. The zero-order valence-corrected chi connectivity index (χ0v) is 11.2. The summed E-state index contributed by atoms with van der Waals surface area (Å²) in [6, 6.07) is 2.61. The Morgan fingerprint density at radius 1 is 1.44 bits per heavy atom. The van der Waals surface area contributed by atoms with E-state index in [-0.39, 0.29) is 12.1 Å². The van der Waals surface area contributed by atoms with Crippen LogP contribution in [0.3, 0.4) is 0 Å². The molecule has 1 aromatic heterocycles. The molecule has 2 aliphatic rings. The van der Waals surface area contributed by atoms with Crippen LogP contribution < -0.4 is 5.32 Å². The van der Waals surface area contributed by atoms with E-state index in [0.29, 0.717) is 11.3 Å². The largest absolute Gasteiger partial charge is 0.394 e. The third-order valence-electron chi connectivity index (χ3n) is 3.80. The number of hydrogen-bond donors (Lipinski definition) is 2. The molecule has 2 fully saturated rings. The van der Waals surface area contributed by atoms with Crippen molar-refractivity contribution in [2.24, 2.45) is 0 Å². The normalized spacial score (nSPS) is 31.7. The number of thioether (sulfide) groups is 1. The molecule has 2 aliphatic carbocycles. The Balaban J connectivity index is 1.59. The molecule has 3 rings (SSSR count). The lowest BCUT2D eigenvalue weighted by Crippen LogP contribution is -2.47. The number of hydrogen-bond acceptors (Lipinski definition) is 5. The van der Waals surface area contributed by atoms with Crippen LogP contribution in [0.1, 0.15) is 32.1 Å². The first-order valence-corrected chi connectivity index (χ1v) is 7.49. The van der Waals surface area contributed by atoms with Crippen molar-refractivity contribution in [2.45, 2.75) is 54.0 Å². The molecule has 0 aromatic carbocycles. The standard InChI is InChI=1S/C13H19N3OS/c17-8-13(16-10-1-2-10)5-3-11(7-13)18-12-4-6-14-9-15-12/h4,6,9-11,16-17H,1-3,5,7-8H2. The minimum Gasteiger partial charge on any atom is -0.394 e. The van der Waals surface area contributed by atoms with Gasteiger partial charge < -0.3 is 10.4 Å². The molecule has 4 nitrogen and oxygen atoms in total. The van der Waals surface area contributed by atoms with Crippen LogP contribution in [0.15, 0.2) is 23.6 Å². The highest BCUT2D eigenvalue weighted by Crippen LogP contribution is 2.41. The lowest BCUT2D eigenvalue weighted by Gasteiger charge is -2.28. The average Bonchev–Trinajstić information content (AvgIpc) is 3.12. The van der Waals surface area contributed by atoms with Crippen molar-refractivity contribution in [3.63, 3.8) is 0 Å². The Labute approximate surface area is 112 Å². The number of aromatic nitrogens is 2. The summed E-state index contributed by atoms with van der Waals surface area (Å²) in [6.07, 6.45) is 9.17. The van der Waals surface area contributed by atoms with Gasteiger partial charge in [0.05, 0.1) is 11.6 Å². The van der Waals surface area contributed by atoms with Crippen LogP contribution >= 0.6 is 11.8 Å². The molecule has 0 aliphatic heterocycles. The SMILES string of the molecule is OCC1(NC2CC2)CCC(Sc2ccncn2)C1. The average molecular weight is 265 g/mol. The summed E-state index contributed by atoms with van der Waals surface area (Å²) in [5.74, 6) is 0. The molecule has 0 bridgehead atoms. The van der Waals surface area contributed by atoms with E-state index in [4.69, 9.17) is 0 Å². The highest BCUT2D eigenvalue weighted by atomic mass is 32.2. The molecule has 1 heterocycles. The van der Waals surface area contributed by atoms with E-state index in [0.717, 1.165) is 24.3 Å². The van der Waals surface area contributed by atoms with Gasteiger partial charge in [0.2, 0.25) is 0 Å². The second-order valence-electron chi connectivity index (χ2n) is 5.39. The van der Waals surface area contributed by atoms with Crippen molar-refractivity contribution in [1.82, 2.24) is 15.3 Å². The van der Waals surface area contributed by atoms with E-state index in [2.05, 4.69) is 15.3 Å². The summed E-state index contributed by atoms with van der Waals surface area (Å²) in [7, 11) is 0. The van der Waals surface area contributed by atoms with E-state index >= 15 is 0 Å². The molecule has 1 aromatic rings.